The Bertz CT molecular complexity index is 1310. The van der Waals surface area contributed by atoms with Crippen LogP contribution >= 0.6 is 0 Å². The van der Waals surface area contributed by atoms with Crippen molar-refractivity contribution in [2.24, 2.45) is 5.73 Å². The van der Waals surface area contributed by atoms with E-state index in [1.54, 1.807) is 4.57 Å². The van der Waals surface area contributed by atoms with Gasteiger partial charge < -0.3 is 31.3 Å². The number of rotatable bonds is 9. The first-order valence-corrected chi connectivity index (χ1v) is 14.7. The molecule has 0 bridgehead atoms. The van der Waals surface area contributed by atoms with Crippen LogP contribution in [0.15, 0.2) is 29.2 Å². The van der Waals surface area contributed by atoms with E-state index >= 15 is 0 Å². The molecule has 1 aromatic heterocycles. The highest BCUT2D eigenvalue weighted by atomic mass is 16.5. The second-order valence-corrected chi connectivity index (χ2v) is 11.8. The van der Waals surface area contributed by atoms with Gasteiger partial charge in [-0.1, -0.05) is 6.07 Å². The first-order valence-electron chi connectivity index (χ1n) is 14.7. The lowest BCUT2D eigenvalue weighted by atomic mass is 9.88. The molecule has 6 rings (SSSR count). The second-order valence-electron chi connectivity index (χ2n) is 11.8. The number of amides is 1. The number of hydrogen-bond acceptors (Lipinski definition) is 8. The predicted octanol–water partition coefficient (Wildman–Crippen LogP) is 2.95. The van der Waals surface area contributed by atoms with Gasteiger partial charge in [0.15, 0.2) is 17.3 Å². The minimum atomic E-state index is -0.602. The van der Waals surface area contributed by atoms with E-state index in [0.29, 0.717) is 23.5 Å². The van der Waals surface area contributed by atoms with Gasteiger partial charge in [-0.15, -0.1) is 0 Å². The molecule has 11 nitrogen and oxygen atoms in total. The van der Waals surface area contributed by atoms with Crippen LogP contribution in [0.1, 0.15) is 75.3 Å². The van der Waals surface area contributed by atoms with Crippen molar-refractivity contribution in [3.8, 4) is 11.5 Å². The number of carbonyl (C=O) groups is 1. The average Bonchev–Trinajstić information content (AvgIpc) is 3.74. The largest absolute Gasteiger partial charge is 0.450 e. The summed E-state index contributed by atoms with van der Waals surface area (Å²) in [4.78, 5) is 31.9. The standard InChI is InChI=1S/C29H40N8O3/c30-18-32-12-1-13-33-21-3-5-22(6-4-21)37-17-25-26(35-28(37)39)34-23-16-20(2-7-24(23)40-25)19-8-14-36(15-9-19)27(38)29(31)10-11-29/h2,7,16-19,21-22,33H,1,3-6,8-15,31H2,(H2,30,32)(H,34,35,39). The summed E-state index contributed by atoms with van der Waals surface area (Å²) < 4.78 is 7.96. The molecule has 0 unspecified atom stereocenters. The molecule has 3 heterocycles. The minimum Gasteiger partial charge on any atom is -0.450 e. The number of ether oxygens (including phenoxy) is 1. The Morgan fingerprint density at radius 3 is 2.65 bits per heavy atom. The molecular weight excluding hydrogens is 508 g/mol. The van der Waals surface area contributed by atoms with Crippen LogP contribution in [0.4, 0.5) is 11.5 Å². The highest BCUT2D eigenvalue weighted by Crippen LogP contribution is 2.43. The SMILES string of the molecule is N=CNCCCNC1CCC(n2cc3c(nc2=O)Nc2cc(C4CCN(C(=O)C5(N)CC5)CC4)ccc2O3)CC1. The first kappa shape index (κ1) is 26.8. The zero-order valence-corrected chi connectivity index (χ0v) is 23.0. The van der Waals surface area contributed by atoms with E-state index in [9.17, 15) is 9.59 Å². The Kier molecular flexibility index (Phi) is 7.50. The lowest BCUT2D eigenvalue weighted by Crippen LogP contribution is -2.48. The molecule has 4 aliphatic rings. The van der Waals surface area contributed by atoms with E-state index < -0.39 is 5.54 Å². The molecular formula is C29H40N8O3. The highest BCUT2D eigenvalue weighted by Gasteiger charge is 2.48. The van der Waals surface area contributed by atoms with E-state index in [-0.39, 0.29) is 17.6 Å². The van der Waals surface area contributed by atoms with E-state index in [2.05, 4.69) is 33.1 Å². The first-order chi connectivity index (χ1) is 19.4. The second kappa shape index (κ2) is 11.2. The van der Waals surface area contributed by atoms with Gasteiger partial charge in [0.2, 0.25) is 5.91 Å². The van der Waals surface area contributed by atoms with Gasteiger partial charge in [0.05, 0.1) is 23.8 Å². The number of piperidine rings is 1. The van der Waals surface area contributed by atoms with Crippen molar-refractivity contribution < 1.29 is 9.53 Å². The zero-order chi connectivity index (χ0) is 27.7. The molecule has 2 aromatic rings. The van der Waals surface area contributed by atoms with Crippen molar-refractivity contribution in [2.45, 2.75) is 81.3 Å². The van der Waals surface area contributed by atoms with Crippen LogP contribution in [0, 0.1) is 5.41 Å². The van der Waals surface area contributed by atoms with Gasteiger partial charge in [0.1, 0.15) is 0 Å². The third kappa shape index (κ3) is 5.57. The maximum absolute atomic E-state index is 13.0. The molecule has 1 amide bonds. The van der Waals surface area contributed by atoms with E-state index in [0.717, 1.165) is 95.4 Å². The molecule has 40 heavy (non-hydrogen) atoms. The molecule has 6 N–H and O–H groups in total. The molecule has 2 saturated carbocycles. The average molecular weight is 549 g/mol. The zero-order valence-electron chi connectivity index (χ0n) is 23.0. The maximum Gasteiger partial charge on any atom is 0.350 e. The summed E-state index contributed by atoms with van der Waals surface area (Å²) in [5.74, 6) is 2.21. The fourth-order valence-corrected chi connectivity index (χ4v) is 6.32. The van der Waals surface area contributed by atoms with Crippen LogP contribution in [0.3, 0.4) is 0 Å². The highest BCUT2D eigenvalue weighted by molar-refractivity contribution is 5.89. The van der Waals surface area contributed by atoms with Crippen LogP contribution < -0.4 is 32.1 Å². The van der Waals surface area contributed by atoms with Crippen molar-refractivity contribution in [2.75, 3.05) is 31.5 Å². The quantitative estimate of drug-likeness (QED) is 0.156. The van der Waals surface area contributed by atoms with E-state index in [1.165, 1.54) is 11.9 Å². The lowest BCUT2D eigenvalue weighted by Gasteiger charge is -2.34. The predicted molar refractivity (Wildman–Crippen MR) is 154 cm³/mol. The molecule has 0 atom stereocenters. The number of fused-ring (bicyclic) bond motifs is 2. The molecule has 0 radical (unpaired) electrons. The topological polar surface area (TPSA) is 150 Å². The van der Waals surface area contributed by atoms with Crippen LogP contribution in [0.25, 0.3) is 0 Å². The number of anilines is 2. The fourth-order valence-electron chi connectivity index (χ4n) is 6.32. The molecule has 3 fully saturated rings. The lowest BCUT2D eigenvalue weighted by molar-refractivity contribution is -0.134. The molecule has 1 aromatic carbocycles. The number of nitrogens with zero attached hydrogens (tertiary/aromatic N) is 3. The van der Waals surface area contributed by atoms with Crippen molar-refractivity contribution in [1.82, 2.24) is 25.1 Å². The maximum atomic E-state index is 13.0. The van der Waals surface area contributed by atoms with Gasteiger partial charge in [-0.25, -0.2) is 4.79 Å². The number of benzene rings is 1. The molecule has 2 aliphatic carbocycles. The number of likely N-dealkylation sites (tertiary alicyclic amines) is 1. The monoisotopic (exact) mass is 548 g/mol. The number of aromatic nitrogens is 2. The van der Waals surface area contributed by atoms with Crippen molar-refractivity contribution in [3.63, 3.8) is 0 Å². The van der Waals surface area contributed by atoms with E-state index in [4.69, 9.17) is 15.9 Å². The van der Waals surface area contributed by atoms with Gasteiger partial charge >= 0.3 is 5.69 Å². The summed E-state index contributed by atoms with van der Waals surface area (Å²) in [6.07, 6.45) is 11.3. The third-order valence-corrected chi connectivity index (χ3v) is 8.99. The summed E-state index contributed by atoms with van der Waals surface area (Å²) in [5, 5.41) is 16.8. The van der Waals surface area contributed by atoms with Crippen molar-refractivity contribution >= 4 is 23.8 Å². The van der Waals surface area contributed by atoms with Crippen LogP contribution in [-0.4, -0.2) is 64.5 Å². The molecule has 11 heteroatoms. The van der Waals surface area contributed by atoms with Crippen molar-refractivity contribution in [3.05, 3.63) is 40.4 Å². The molecule has 2 aliphatic heterocycles. The summed E-state index contributed by atoms with van der Waals surface area (Å²) in [6, 6.07) is 6.76. The minimum absolute atomic E-state index is 0.105. The van der Waals surface area contributed by atoms with Gasteiger partial charge in [-0.05, 0) is 87.9 Å². The molecule has 214 valence electrons. The summed E-state index contributed by atoms with van der Waals surface area (Å²) in [5.41, 5.74) is 7.28. The Hall–Kier alpha value is -3.44. The summed E-state index contributed by atoms with van der Waals surface area (Å²) in [7, 11) is 0. The number of hydrogen-bond donors (Lipinski definition) is 5. The summed E-state index contributed by atoms with van der Waals surface area (Å²) >= 11 is 0. The molecule has 1 saturated heterocycles. The fraction of sp³-hybridized carbons (Fsp3) is 0.586. The van der Waals surface area contributed by atoms with Gasteiger partial charge in [0.25, 0.3) is 0 Å². The number of carbonyl (C=O) groups excluding carboxylic acids is 1. The van der Waals surface area contributed by atoms with Gasteiger partial charge in [0, 0.05) is 31.7 Å². The van der Waals surface area contributed by atoms with Crippen LogP contribution in [0.2, 0.25) is 0 Å². The summed E-state index contributed by atoms with van der Waals surface area (Å²) in [6.45, 7) is 3.19. The normalized spacial score (nSPS) is 23.3. The molecule has 0 spiro atoms. The van der Waals surface area contributed by atoms with Crippen LogP contribution in [0.5, 0.6) is 11.5 Å². The Morgan fingerprint density at radius 1 is 1.15 bits per heavy atom. The number of nitrogens with two attached hydrogens (primary N) is 1. The van der Waals surface area contributed by atoms with E-state index in [1.807, 2.05) is 17.2 Å². The van der Waals surface area contributed by atoms with Gasteiger partial charge in [-0.2, -0.15) is 4.98 Å². The number of nitrogens with one attached hydrogen (secondary N) is 4. The Balaban J connectivity index is 1.06. The smallest absolute Gasteiger partial charge is 0.350 e. The third-order valence-electron chi connectivity index (χ3n) is 8.99. The Labute approximate surface area is 234 Å². The van der Waals surface area contributed by atoms with Crippen LogP contribution in [-0.2, 0) is 4.79 Å². The Morgan fingerprint density at radius 2 is 1.93 bits per heavy atom. The van der Waals surface area contributed by atoms with Gasteiger partial charge in [-0.3, -0.25) is 14.8 Å². The van der Waals surface area contributed by atoms with Crippen molar-refractivity contribution in [1.29, 1.82) is 5.41 Å².